The maximum Gasteiger partial charge on any atom is 0.285 e. The third-order valence-electron chi connectivity index (χ3n) is 1.95. The Balaban J connectivity index is 2.05. The van der Waals surface area contributed by atoms with Gasteiger partial charge < -0.3 is 9.32 Å². The number of carbonyl (C=O) groups is 1. The number of rotatable bonds is 3. The predicted molar refractivity (Wildman–Crippen MR) is 67.1 cm³/mol. The van der Waals surface area contributed by atoms with Gasteiger partial charge in [-0.1, -0.05) is 11.3 Å². The summed E-state index contributed by atoms with van der Waals surface area (Å²) in [6.07, 6.45) is 0. The van der Waals surface area contributed by atoms with Crippen molar-refractivity contribution in [1.82, 2.24) is 15.1 Å². The Kier molecular flexibility index (Phi) is 3.80. The van der Waals surface area contributed by atoms with Gasteiger partial charge in [-0.05, 0) is 39.7 Å². The Morgan fingerprint density at radius 3 is 2.88 bits per heavy atom. The second kappa shape index (κ2) is 5.16. The number of hydrogen-bond donors (Lipinski definition) is 0. The van der Waals surface area contributed by atoms with Crippen molar-refractivity contribution in [2.45, 2.75) is 6.54 Å². The topological polar surface area (TPSA) is 59.2 Å². The van der Waals surface area contributed by atoms with Gasteiger partial charge in [-0.25, -0.2) is 0 Å². The van der Waals surface area contributed by atoms with Crippen LogP contribution in [0.5, 0.6) is 0 Å². The average molecular weight is 337 g/mol. The Hall–Kier alpha value is -0.920. The van der Waals surface area contributed by atoms with Crippen molar-refractivity contribution in [2.24, 2.45) is 0 Å². The Morgan fingerprint density at radius 2 is 2.35 bits per heavy atom. The van der Waals surface area contributed by atoms with E-state index in [4.69, 9.17) is 16.0 Å². The molecule has 0 saturated heterocycles. The molecule has 0 aromatic carbocycles. The van der Waals surface area contributed by atoms with Crippen LogP contribution in [-0.2, 0) is 6.54 Å². The molecule has 0 aliphatic heterocycles. The van der Waals surface area contributed by atoms with Crippen LogP contribution in [0.4, 0.5) is 0 Å². The van der Waals surface area contributed by atoms with Crippen LogP contribution in [-0.4, -0.2) is 28.1 Å². The van der Waals surface area contributed by atoms with Crippen LogP contribution in [0.15, 0.2) is 21.2 Å². The van der Waals surface area contributed by atoms with E-state index in [1.54, 1.807) is 19.2 Å². The van der Waals surface area contributed by atoms with E-state index in [1.807, 2.05) is 0 Å². The molecule has 2 aromatic rings. The SMILES string of the molecule is CN(Cc1ccc(Br)o1)C(=O)c1nnc(Cl)s1. The predicted octanol–water partition coefficient (Wildman–Crippen LogP) is 2.82. The lowest BCUT2D eigenvalue weighted by Crippen LogP contribution is -2.25. The van der Waals surface area contributed by atoms with Crippen LogP contribution in [0.3, 0.4) is 0 Å². The summed E-state index contributed by atoms with van der Waals surface area (Å²) in [6.45, 7) is 0.363. The van der Waals surface area contributed by atoms with Gasteiger partial charge in [0.2, 0.25) is 9.47 Å². The third kappa shape index (κ3) is 3.05. The summed E-state index contributed by atoms with van der Waals surface area (Å²) in [5.41, 5.74) is 0. The van der Waals surface area contributed by atoms with Crippen LogP contribution >= 0.6 is 38.9 Å². The number of nitrogens with zero attached hydrogens (tertiary/aromatic N) is 3. The zero-order valence-electron chi connectivity index (χ0n) is 8.68. The molecule has 0 spiro atoms. The second-order valence-corrected chi connectivity index (χ2v) is 5.57. The fraction of sp³-hybridized carbons (Fsp3) is 0.222. The van der Waals surface area contributed by atoms with Gasteiger partial charge in [0.1, 0.15) is 5.76 Å². The first kappa shape index (κ1) is 12.5. The number of aromatic nitrogens is 2. The molecule has 0 aliphatic rings. The van der Waals surface area contributed by atoms with Crippen LogP contribution < -0.4 is 0 Å². The Labute approximate surface area is 115 Å². The molecule has 17 heavy (non-hydrogen) atoms. The lowest BCUT2D eigenvalue weighted by molar-refractivity contribution is 0.0774. The molecule has 0 fully saturated rings. The summed E-state index contributed by atoms with van der Waals surface area (Å²) in [7, 11) is 1.66. The summed E-state index contributed by atoms with van der Waals surface area (Å²) in [6, 6.07) is 3.57. The van der Waals surface area contributed by atoms with Gasteiger partial charge >= 0.3 is 0 Å². The fourth-order valence-corrected chi connectivity index (χ4v) is 2.36. The molecule has 8 heteroatoms. The normalized spacial score (nSPS) is 10.5. The van der Waals surface area contributed by atoms with E-state index >= 15 is 0 Å². The summed E-state index contributed by atoms with van der Waals surface area (Å²) < 4.78 is 6.19. The average Bonchev–Trinajstić information content (AvgIpc) is 2.87. The van der Waals surface area contributed by atoms with Crippen molar-refractivity contribution in [2.75, 3.05) is 7.05 Å². The lowest BCUT2D eigenvalue weighted by atomic mass is 10.4. The fourth-order valence-electron chi connectivity index (χ4n) is 1.20. The minimum absolute atomic E-state index is 0.234. The molecule has 0 unspecified atom stereocenters. The zero-order chi connectivity index (χ0) is 12.4. The highest BCUT2D eigenvalue weighted by Crippen LogP contribution is 2.19. The van der Waals surface area contributed by atoms with Gasteiger partial charge in [0.05, 0.1) is 6.54 Å². The van der Waals surface area contributed by atoms with E-state index in [0.717, 1.165) is 11.3 Å². The summed E-state index contributed by atoms with van der Waals surface area (Å²) in [4.78, 5) is 13.4. The summed E-state index contributed by atoms with van der Waals surface area (Å²) >= 11 is 9.87. The minimum Gasteiger partial charge on any atom is -0.452 e. The smallest absolute Gasteiger partial charge is 0.285 e. The molecule has 2 heterocycles. The molecule has 2 aromatic heterocycles. The molecule has 0 saturated carbocycles. The molecule has 90 valence electrons. The van der Waals surface area contributed by atoms with Gasteiger partial charge in [0.25, 0.3) is 5.91 Å². The van der Waals surface area contributed by atoms with Crippen LogP contribution in [0.2, 0.25) is 4.47 Å². The van der Waals surface area contributed by atoms with Crippen LogP contribution in [0, 0.1) is 0 Å². The van der Waals surface area contributed by atoms with E-state index in [-0.39, 0.29) is 15.4 Å². The van der Waals surface area contributed by atoms with E-state index in [2.05, 4.69) is 26.1 Å². The molecular formula is C9H7BrClN3O2S. The third-order valence-corrected chi connectivity index (χ3v) is 3.38. The van der Waals surface area contributed by atoms with Crippen molar-refractivity contribution >= 4 is 44.8 Å². The van der Waals surface area contributed by atoms with Gasteiger partial charge in [-0.15, -0.1) is 10.2 Å². The van der Waals surface area contributed by atoms with E-state index < -0.39 is 0 Å². The maximum absolute atomic E-state index is 11.9. The van der Waals surface area contributed by atoms with Crippen molar-refractivity contribution in [1.29, 1.82) is 0 Å². The number of carbonyl (C=O) groups excluding carboxylic acids is 1. The highest BCUT2D eigenvalue weighted by molar-refractivity contribution is 9.10. The number of furan rings is 1. The van der Waals surface area contributed by atoms with Crippen molar-refractivity contribution < 1.29 is 9.21 Å². The number of halogens is 2. The standard InChI is InChI=1S/C9H7BrClN3O2S/c1-14(4-5-2-3-6(10)16-5)8(15)7-12-13-9(11)17-7/h2-3H,4H2,1H3. The maximum atomic E-state index is 11.9. The Morgan fingerprint density at radius 1 is 1.59 bits per heavy atom. The van der Waals surface area contributed by atoms with Gasteiger partial charge in [-0.3, -0.25) is 4.79 Å². The van der Waals surface area contributed by atoms with Gasteiger partial charge in [-0.2, -0.15) is 0 Å². The first-order valence-electron chi connectivity index (χ1n) is 4.55. The number of hydrogen-bond acceptors (Lipinski definition) is 5. The molecule has 2 rings (SSSR count). The molecule has 0 radical (unpaired) electrons. The monoisotopic (exact) mass is 335 g/mol. The van der Waals surface area contributed by atoms with Gasteiger partial charge in [0.15, 0.2) is 4.67 Å². The van der Waals surface area contributed by atoms with Crippen molar-refractivity contribution in [3.05, 3.63) is 32.0 Å². The second-order valence-electron chi connectivity index (χ2n) is 3.23. The van der Waals surface area contributed by atoms with Gasteiger partial charge in [0, 0.05) is 7.05 Å². The van der Waals surface area contributed by atoms with Crippen LogP contribution in [0.1, 0.15) is 15.6 Å². The molecule has 1 amide bonds. The van der Waals surface area contributed by atoms with E-state index in [0.29, 0.717) is 17.0 Å². The first-order valence-corrected chi connectivity index (χ1v) is 6.53. The molecule has 0 aliphatic carbocycles. The molecule has 5 nitrogen and oxygen atoms in total. The molecule has 0 N–H and O–H groups in total. The van der Waals surface area contributed by atoms with E-state index in [1.165, 1.54) is 4.90 Å². The Bertz CT molecular complexity index is 542. The highest BCUT2D eigenvalue weighted by Gasteiger charge is 2.17. The summed E-state index contributed by atoms with van der Waals surface area (Å²) in [5, 5.41) is 7.54. The molecule has 0 bridgehead atoms. The largest absolute Gasteiger partial charge is 0.452 e. The van der Waals surface area contributed by atoms with Crippen LogP contribution in [0.25, 0.3) is 0 Å². The van der Waals surface area contributed by atoms with Crippen molar-refractivity contribution in [3.8, 4) is 0 Å². The van der Waals surface area contributed by atoms with Crippen molar-refractivity contribution in [3.63, 3.8) is 0 Å². The highest BCUT2D eigenvalue weighted by atomic mass is 79.9. The first-order chi connectivity index (χ1) is 8.06. The molecular weight excluding hydrogens is 330 g/mol. The summed E-state index contributed by atoms with van der Waals surface area (Å²) in [5.74, 6) is 0.449. The zero-order valence-corrected chi connectivity index (χ0v) is 11.8. The number of amides is 1. The van der Waals surface area contributed by atoms with E-state index in [9.17, 15) is 4.79 Å². The molecule has 0 atom stereocenters. The lowest BCUT2D eigenvalue weighted by Gasteiger charge is -2.13. The minimum atomic E-state index is -0.234. The quantitative estimate of drug-likeness (QED) is 0.865.